The molecule has 2 fully saturated rings. The summed E-state index contributed by atoms with van der Waals surface area (Å²) in [5, 5.41) is 3.07. The van der Waals surface area contributed by atoms with Crippen LogP contribution in [0.25, 0.3) is 0 Å². The van der Waals surface area contributed by atoms with Gasteiger partial charge in [0.15, 0.2) is 0 Å². The minimum Gasteiger partial charge on any atom is -0.314 e. The molecule has 0 bridgehead atoms. The third-order valence-corrected chi connectivity index (χ3v) is 2.73. The highest BCUT2D eigenvalue weighted by Crippen LogP contribution is 2.20. The number of nitrogens with zero attached hydrogens (tertiary/aromatic N) is 1. The van der Waals surface area contributed by atoms with E-state index in [9.17, 15) is 4.39 Å². The van der Waals surface area contributed by atoms with Crippen LogP contribution in [0.5, 0.6) is 0 Å². The fourth-order valence-electron chi connectivity index (χ4n) is 1.89. The number of piperidine rings is 1. The monoisotopic (exact) mass is 158 g/mol. The Hall–Kier alpha value is -0.150. The fourth-order valence-corrected chi connectivity index (χ4v) is 1.89. The quantitative estimate of drug-likeness (QED) is 0.594. The van der Waals surface area contributed by atoms with Crippen LogP contribution in [0.3, 0.4) is 0 Å². The van der Waals surface area contributed by atoms with Gasteiger partial charge < -0.3 is 5.32 Å². The van der Waals surface area contributed by atoms with Gasteiger partial charge in [-0.2, -0.15) is 0 Å². The molecule has 2 nitrogen and oxygen atoms in total. The van der Waals surface area contributed by atoms with Gasteiger partial charge in [-0.05, 0) is 32.5 Å². The third kappa shape index (κ3) is 1.40. The predicted octanol–water partition coefficient (Wildman–Crippen LogP) is 0.392. The van der Waals surface area contributed by atoms with Crippen LogP contribution < -0.4 is 5.32 Å². The van der Waals surface area contributed by atoms with Crippen molar-refractivity contribution in [2.24, 2.45) is 0 Å². The van der Waals surface area contributed by atoms with Crippen molar-refractivity contribution in [1.82, 2.24) is 10.2 Å². The van der Waals surface area contributed by atoms with Crippen LogP contribution >= 0.6 is 0 Å². The second-order valence-electron chi connectivity index (χ2n) is 3.47. The Balaban J connectivity index is 1.88. The lowest BCUT2D eigenvalue weighted by molar-refractivity contribution is 0.0404. The molecule has 2 aliphatic heterocycles. The van der Waals surface area contributed by atoms with Gasteiger partial charge in [0.2, 0.25) is 0 Å². The summed E-state index contributed by atoms with van der Waals surface area (Å²) >= 11 is 0. The van der Waals surface area contributed by atoms with Gasteiger partial charge in [0.1, 0.15) is 6.17 Å². The summed E-state index contributed by atoms with van der Waals surface area (Å²) < 4.78 is 13.2. The minimum atomic E-state index is -0.635. The molecule has 2 atom stereocenters. The lowest BCUT2D eigenvalue weighted by atomic mass is 9.99. The first kappa shape index (κ1) is 7.50. The Morgan fingerprint density at radius 2 is 2.18 bits per heavy atom. The maximum atomic E-state index is 13.2. The Labute approximate surface area is 66.8 Å². The van der Waals surface area contributed by atoms with Crippen molar-refractivity contribution < 1.29 is 4.39 Å². The van der Waals surface area contributed by atoms with Crippen molar-refractivity contribution in [3.05, 3.63) is 0 Å². The highest BCUT2D eigenvalue weighted by molar-refractivity contribution is 4.88. The molecule has 3 heteroatoms. The van der Waals surface area contributed by atoms with Crippen LogP contribution in [-0.2, 0) is 0 Å². The Kier molecular flexibility index (Phi) is 2.09. The summed E-state index contributed by atoms with van der Waals surface area (Å²) in [6.07, 6.45) is 1.61. The fraction of sp³-hybridized carbons (Fsp3) is 1.00. The number of rotatable bonds is 1. The topological polar surface area (TPSA) is 15.3 Å². The molecule has 0 unspecified atom stereocenters. The average Bonchev–Trinajstić information content (AvgIpc) is 1.90. The molecule has 0 aromatic carbocycles. The molecule has 2 rings (SSSR count). The SMILES string of the molecule is F[C@@H]1CNCC[C@H]1N1CCC1. The second-order valence-corrected chi connectivity index (χ2v) is 3.47. The Morgan fingerprint density at radius 1 is 1.36 bits per heavy atom. The third-order valence-electron chi connectivity index (χ3n) is 2.73. The molecule has 0 aliphatic carbocycles. The molecule has 2 aliphatic rings. The summed E-state index contributed by atoms with van der Waals surface area (Å²) in [5.74, 6) is 0. The Bertz CT molecular complexity index is 134. The van der Waals surface area contributed by atoms with E-state index >= 15 is 0 Å². The van der Waals surface area contributed by atoms with Crippen LogP contribution in [0, 0.1) is 0 Å². The standard InChI is InChI=1S/C8H15FN2/c9-7-6-10-3-2-8(7)11-4-1-5-11/h7-8,10H,1-6H2/t7-,8-/m1/s1. The first-order chi connectivity index (χ1) is 5.38. The zero-order valence-electron chi connectivity index (χ0n) is 6.72. The number of hydrogen-bond acceptors (Lipinski definition) is 2. The van der Waals surface area contributed by atoms with E-state index in [1.807, 2.05) is 0 Å². The molecule has 11 heavy (non-hydrogen) atoms. The Morgan fingerprint density at radius 3 is 2.73 bits per heavy atom. The molecular weight excluding hydrogens is 143 g/mol. The summed E-state index contributed by atoms with van der Waals surface area (Å²) in [7, 11) is 0. The molecule has 0 spiro atoms. The molecule has 64 valence electrons. The normalized spacial score (nSPS) is 40.1. The van der Waals surface area contributed by atoms with Crippen molar-refractivity contribution in [3.63, 3.8) is 0 Å². The maximum Gasteiger partial charge on any atom is 0.128 e. The molecule has 0 radical (unpaired) electrons. The van der Waals surface area contributed by atoms with Gasteiger partial charge in [-0.25, -0.2) is 4.39 Å². The molecule has 1 N–H and O–H groups in total. The van der Waals surface area contributed by atoms with Crippen LogP contribution in [0.4, 0.5) is 4.39 Å². The molecule has 0 aromatic rings. The summed E-state index contributed by atoms with van der Waals surface area (Å²) in [4.78, 5) is 2.27. The maximum absolute atomic E-state index is 13.2. The average molecular weight is 158 g/mol. The zero-order valence-corrected chi connectivity index (χ0v) is 6.72. The molecule has 2 heterocycles. The van der Waals surface area contributed by atoms with Gasteiger partial charge in [-0.3, -0.25) is 4.90 Å². The first-order valence-electron chi connectivity index (χ1n) is 4.47. The number of hydrogen-bond donors (Lipinski definition) is 1. The van der Waals surface area contributed by atoms with Crippen molar-refractivity contribution in [3.8, 4) is 0 Å². The van der Waals surface area contributed by atoms with Crippen LogP contribution in [-0.4, -0.2) is 43.3 Å². The van der Waals surface area contributed by atoms with E-state index in [0.717, 1.165) is 26.1 Å². The highest BCUT2D eigenvalue weighted by Gasteiger charge is 2.32. The van der Waals surface area contributed by atoms with E-state index < -0.39 is 6.17 Å². The first-order valence-corrected chi connectivity index (χ1v) is 4.47. The molecule has 0 saturated carbocycles. The summed E-state index contributed by atoms with van der Waals surface area (Å²) in [6, 6.07) is 0.227. The van der Waals surface area contributed by atoms with Crippen LogP contribution in [0.2, 0.25) is 0 Å². The largest absolute Gasteiger partial charge is 0.314 e. The molecular formula is C8H15FN2. The number of nitrogens with one attached hydrogen (secondary N) is 1. The van der Waals surface area contributed by atoms with Gasteiger partial charge in [-0.15, -0.1) is 0 Å². The minimum absolute atomic E-state index is 0.227. The van der Waals surface area contributed by atoms with Crippen molar-refractivity contribution >= 4 is 0 Å². The molecule has 0 amide bonds. The van der Waals surface area contributed by atoms with Gasteiger partial charge in [0.05, 0.1) is 0 Å². The van der Waals surface area contributed by atoms with E-state index in [1.54, 1.807) is 0 Å². The lowest BCUT2D eigenvalue weighted by Gasteiger charge is -2.42. The van der Waals surface area contributed by atoms with Crippen LogP contribution in [0.15, 0.2) is 0 Å². The zero-order chi connectivity index (χ0) is 7.68. The van der Waals surface area contributed by atoms with E-state index in [1.165, 1.54) is 6.42 Å². The number of halogens is 1. The van der Waals surface area contributed by atoms with Gasteiger partial charge in [-0.1, -0.05) is 0 Å². The number of alkyl halides is 1. The lowest BCUT2D eigenvalue weighted by Crippen LogP contribution is -2.55. The van der Waals surface area contributed by atoms with Gasteiger partial charge >= 0.3 is 0 Å². The van der Waals surface area contributed by atoms with Crippen molar-refractivity contribution in [1.29, 1.82) is 0 Å². The van der Waals surface area contributed by atoms with Crippen molar-refractivity contribution in [2.75, 3.05) is 26.2 Å². The molecule has 0 aromatic heterocycles. The van der Waals surface area contributed by atoms with E-state index in [4.69, 9.17) is 0 Å². The van der Waals surface area contributed by atoms with Gasteiger partial charge in [0, 0.05) is 12.6 Å². The van der Waals surface area contributed by atoms with E-state index in [-0.39, 0.29) is 6.04 Å². The van der Waals surface area contributed by atoms with E-state index in [0.29, 0.717) is 6.54 Å². The van der Waals surface area contributed by atoms with Crippen LogP contribution in [0.1, 0.15) is 12.8 Å². The second kappa shape index (κ2) is 3.07. The summed E-state index contributed by atoms with van der Waals surface area (Å²) in [5.41, 5.74) is 0. The highest BCUT2D eigenvalue weighted by atomic mass is 19.1. The predicted molar refractivity (Wildman–Crippen MR) is 42.4 cm³/mol. The van der Waals surface area contributed by atoms with Gasteiger partial charge in [0.25, 0.3) is 0 Å². The smallest absolute Gasteiger partial charge is 0.128 e. The molecule has 2 saturated heterocycles. The number of likely N-dealkylation sites (tertiary alicyclic amines) is 1. The van der Waals surface area contributed by atoms with E-state index in [2.05, 4.69) is 10.2 Å². The summed E-state index contributed by atoms with van der Waals surface area (Å²) in [6.45, 7) is 3.78. The van der Waals surface area contributed by atoms with Crippen molar-refractivity contribution in [2.45, 2.75) is 25.1 Å².